The Morgan fingerprint density at radius 2 is 1.71 bits per heavy atom. The molecule has 0 saturated heterocycles. The van der Waals surface area contributed by atoms with Crippen LogP contribution in [0.1, 0.15) is 26.2 Å². The third-order valence-corrected chi connectivity index (χ3v) is 1.83. The van der Waals surface area contributed by atoms with Crippen molar-refractivity contribution >= 4 is 0 Å². The summed E-state index contributed by atoms with van der Waals surface area (Å²) in [5.41, 5.74) is 8.36. The van der Waals surface area contributed by atoms with Crippen LogP contribution in [0.3, 0.4) is 0 Å². The molecule has 0 aliphatic rings. The Morgan fingerprint density at radius 1 is 0.941 bits per heavy atom. The summed E-state index contributed by atoms with van der Waals surface area (Å²) in [6, 6.07) is 0. The first-order valence-electron chi connectivity index (χ1n) is 5.88. The van der Waals surface area contributed by atoms with Crippen LogP contribution in [-0.2, 0) is 0 Å². The molecule has 0 saturated carbocycles. The predicted octanol–water partition coefficient (Wildman–Crippen LogP) is 3.86. The first kappa shape index (κ1) is 15.3. The smallest absolute Gasteiger partial charge is 0.0431 e. The normalized spacial score (nSPS) is 10.5. The lowest BCUT2D eigenvalue weighted by Crippen LogP contribution is -1.79. The minimum Gasteiger partial charge on any atom is -0.396 e. The summed E-state index contributed by atoms with van der Waals surface area (Å²) in [5, 5.41) is 8.58. The molecule has 1 nitrogen and oxygen atoms in total. The van der Waals surface area contributed by atoms with Crippen LogP contribution in [0.15, 0.2) is 65.8 Å². The standard InChI is InChI=1S/C16H20O/c1-2-3-4-5-6-7-8-9-10-11-12-13-14-15-16-17/h2,6-12,17H,13-16H2,1H3/b8-7+,10-9+,12-11+. The van der Waals surface area contributed by atoms with Gasteiger partial charge in [0.25, 0.3) is 0 Å². The van der Waals surface area contributed by atoms with Gasteiger partial charge in [0, 0.05) is 6.61 Å². The third-order valence-electron chi connectivity index (χ3n) is 1.83. The molecule has 1 N–H and O–H groups in total. The molecule has 1 heteroatoms. The van der Waals surface area contributed by atoms with Gasteiger partial charge in [-0.25, -0.2) is 0 Å². The zero-order valence-corrected chi connectivity index (χ0v) is 10.4. The SMILES string of the molecule is CC=C=C=C=C/C=C/C=C/C=C/CCCCO. The molecular weight excluding hydrogens is 208 g/mol. The molecule has 0 radical (unpaired) electrons. The van der Waals surface area contributed by atoms with Gasteiger partial charge < -0.3 is 5.11 Å². The summed E-state index contributed by atoms with van der Waals surface area (Å²) >= 11 is 0. The highest BCUT2D eigenvalue weighted by Crippen LogP contribution is 1.95. The molecule has 0 bridgehead atoms. The molecular formula is C16H20O. The fourth-order valence-electron chi connectivity index (χ4n) is 1.00. The summed E-state index contributed by atoms with van der Waals surface area (Å²) in [7, 11) is 0. The maximum atomic E-state index is 8.58. The van der Waals surface area contributed by atoms with E-state index in [0.717, 1.165) is 19.3 Å². The summed E-state index contributed by atoms with van der Waals surface area (Å²) in [6.45, 7) is 2.17. The second-order valence-corrected chi connectivity index (χ2v) is 3.29. The Hall–Kier alpha value is -1.74. The van der Waals surface area contributed by atoms with Gasteiger partial charge in [-0.1, -0.05) is 47.9 Å². The van der Waals surface area contributed by atoms with Crippen LogP contribution in [0.5, 0.6) is 0 Å². The first-order chi connectivity index (χ1) is 8.41. The van der Waals surface area contributed by atoms with E-state index >= 15 is 0 Å². The second kappa shape index (κ2) is 14.3. The van der Waals surface area contributed by atoms with E-state index < -0.39 is 0 Å². The van der Waals surface area contributed by atoms with Crippen LogP contribution < -0.4 is 0 Å². The third kappa shape index (κ3) is 14.3. The number of aliphatic hydroxyl groups excluding tert-OH is 1. The van der Waals surface area contributed by atoms with Gasteiger partial charge in [0.2, 0.25) is 0 Å². The zero-order chi connectivity index (χ0) is 12.6. The molecule has 17 heavy (non-hydrogen) atoms. The van der Waals surface area contributed by atoms with Crippen LogP contribution >= 0.6 is 0 Å². The lowest BCUT2D eigenvalue weighted by atomic mass is 10.2. The van der Waals surface area contributed by atoms with E-state index in [1.807, 2.05) is 37.3 Å². The molecule has 0 unspecified atom stereocenters. The number of unbranched alkanes of at least 4 members (excludes halogenated alkanes) is 2. The van der Waals surface area contributed by atoms with Crippen LogP contribution in [0.25, 0.3) is 0 Å². The van der Waals surface area contributed by atoms with Crippen molar-refractivity contribution in [3.8, 4) is 0 Å². The Kier molecular flexibility index (Phi) is 12.8. The summed E-state index contributed by atoms with van der Waals surface area (Å²) in [5.74, 6) is 0. The second-order valence-electron chi connectivity index (χ2n) is 3.29. The average molecular weight is 228 g/mol. The maximum Gasteiger partial charge on any atom is 0.0431 e. The van der Waals surface area contributed by atoms with Crippen molar-refractivity contribution in [2.75, 3.05) is 6.61 Å². The van der Waals surface area contributed by atoms with E-state index in [1.165, 1.54) is 0 Å². The summed E-state index contributed by atoms with van der Waals surface area (Å²) < 4.78 is 0. The summed E-state index contributed by atoms with van der Waals surface area (Å²) in [6.07, 6.45) is 18.4. The highest BCUT2D eigenvalue weighted by Gasteiger charge is 1.80. The van der Waals surface area contributed by atoms with Crippen molar-refractivity contribution in [2.45, 2.75) is 26.2 Å². The van der Waals surface area contributed by atoms with Gasteiger partial charge in [-0.05, 0) is 44.1 Å². The largest absolute Gasteiger partial charge is 0.396 e. The van der Waals surface area contributed by atoms with Crippen molar-refractivity contribution in [3.63, 3.8) is 0 Å². The average Bonchev–Trinajstić information content (AvgIpc) is 2.35. The predicted molar refractivity (Wildman–Crippen MR) is 73.7 cm³/mol. The lowest BCUT2D eigenvalue weighted by molar-refractivity contribution is 0.285. The van der Waals surface area contributed by atoms with Crippen molar-refractivity contribution < 1.29 is 5.11 Å². The molecule has 0 aromatic rings. The van der Waals surface area contributed by atoms with Crippen LogP contribution in [0.4, 0.5) is 0 Å². The Balaban J connectivity index is 3.77. The minimum atomic E-state index is 0.286. The van der Waals surface area contributed by atoms with Crippen LogP contribution in [0.2, 0.25) is 0 Å². The molecule has 0 aliphatic heterocycles. The number of hydrogen-bond acceptors (Lipinski definition) is 1. The van der Waals surface area contributed by atoms with E-state index in [0.29, 0.717) is 0 Å². The van der Waals surface area contributed by atoms with E-state index in [9.17, 15) is 0 Å². The summed E-state index contributed by atoms with van der Waals surface area (Å²) in [4.78, 5) is 0. The van der Waals surface area contributed by atoms with E-state index in [4.69, 9.17) is 5.11 Å². The van der Waals surface area contributed by atoms with Crippen molar-refractivity contribution in [3.05, 3.63) is 65.8 Å². The number of rotatable bonds is 7. The molecule has 0 amide bonds. The van der Waals surface area contributed by atoms with Crippen molar-refractivity contribution in [1.29, 1.82) is 0 Å². The molecule has 0 rings (SSSR count). The van der Waals surface area contributed by atoms with Crippen LogP contribution in [0, 0.1) is 0 Å². The van der Waals surface area contributed by atoms with Gasteiger partial charge in [0.15, 0.2) is 0 Å². The maximum absolute atomic E-state index is 8.58. The monoisotopic (exact) mass is 228 g/mol. The quantitative estimate of drug-likeness (QED) is 0.398. The number of hydrogen-bond donors (Lipinski definition) is 1. The van der Waals surface area contributed by atoms with E-state index in [1.54, 1.807) is 12.2 Å². The number of allylic oxidation sites excluding steroid dienone is 8. The van der Waals surface area contributed by atoms with Crippen molar-refractivity contribution in [2.24, 2.45) is 0 Å². The zero-order valence-electron chi connectivity index (χ0n) is 10.4. The molecule has 0 fully saturated rings. The Bertz CT molecular complexity index is 378. The minimum absolute atomic E-state index is 0.286. The van der Waals surface area contributed by atoms with Crippen molar-refractivity contribution in [1.82, 2.24) is 0 Å². The molecule has 0 spiro atoms. The highest BCUT2D eigenvalue weighted by molar-refractivity contribution is 5.15. The van der Waals surface area contributed by atoms with Gasteiger partial charge in [-0.2, -0.15) is 0 Å². The molecule has 0 aromatic heterocycles. The number of aliphatic hydroxyl groups is 1. The fraction of sp³-hybridized carbons (Fsp3) is 0.312. The lowest BCUT2D eigenvalue weighted by Gasteiger charge is -1.89. The van der Waals surface area contributed by atoms with Gasteiger partial charge in [-0.3, -0.25) is 0 Å². The highest BCUT2D eigenvalue weighted by atomic mass is 16.2. The van der Waals surface area contributed by atoms with Gasteiger partial charge >= 0.3 is 0 Å². The molecule has 90 valence electrons. The van der Waals surface area contributed by atoms with Gasteiger partial charge in [0.1, 0.15) is 0 Å². The molecule has 0 aromatic carbocycles. The van der Waals surface area contributed by atoms with Crippen LogP contribution in [-0.4, -0.2) is 11.7 Å². The first-order valence-corrected chi connectivity index (χ1v) is 5.88. The molecule has 0 aliphatic carbocycles. The van der Waals surface area contributed by atoms with Gasteiger partial charge in [0.05, 0.1) is 0 Å². The van der Waals surface area contributed by atoms with E-state index in [-0.39, 0.29) is 6.61 Å². The molecule has 0 atom stereocenters. The molecule has 0 heterocycles. The van der Waals surface area contributed by atoms with Gasteiger partial charge in [-0.15, -0.1) is 0 Å². The Labute approximate surface area is 104 Å². The fourth-order valence-corrected chi connectivity index (χ4v) is 1.00. The Morgan fingerprint density at radius 3 is 2.47 bits per heavy atom. The van der Waals surface area contributed by atoms with E-state index in [2.05, 4.69) is 23.3 Å². The topological polar surface area (TPSA) is 20.2 Å².